The van der Waals surface area contributed by atoms with Crippen LogP contribution in [0.3, 0.4) is 0 Å². The van der Waals surface area contributed by atoms with Crippen LogP contribution < -0.4 is 4.74 Å². The van der Waals surface area contributed by atoms with Gasteiger partial charge in [-0.1, -0.05) is 11.6 Å². The first-order valence-corrected chi connectivity index (χ1v) is 5.36. The van der Waals surface area contributed by atoms with Crippen LogP contribution in [0.25, 0.3) is 0 Å². The quantitative estimate of drug-likeness (QED) is 0.361. The minimum Gasteiger partial charge on any atom is -0.425 e. The van der Waals surface area contributed by atoms with Crippen LogP contribution in [-0.2, 0) is 9.53 Å². The van der Waals surface area contributed by atoms with Crippen molar-refractivity contribution in [3.8, 4) is 5.75 Å². The lowest BCUT2D eigenvalue weighted by Gasteiger charge is -2.07. The van der Waals surface area contributed by atoms with Crippen molar-refractivity contribution in [2.24, 2.45) is 0 Å². The normalized spacial score (nSPS) is 11.2. The summed E-state index contributed by atoms with van der Waals surface area (Å²) in [4.78, 5) is 20.9. The van der Waals surface area contributed by atoms with E-state index in [-0.39, 0.29) is 16.5 Å². The Morgan fingerprint density at radius 3 is 2.55 bits per heavy atom. The van der Waals surface area contributed by atoms with Crippen LogP contribution in [0, 0.1) is 10.1 Å². The summed E-state index contributed by atoms with van der Waals surface area (Å²) in [6.45, 7) is -2.49. The molecule has 0 atom stereocenters. The molecule has 0 N–H and O–H groups in total. The van der Waals surface area contributed by atoms with Crippen molar-refractivity contribution in [3.05, 3.63) is 33.3 Å². The number of alkyl halides is 3. The van der Waals surface area contributed by atoms with Gasteiger partial charge < -0.3 is 9.47 Å². The summed E-state index contributed by atoms with van der Waals surface area (Å²) < 4.78 is 43.9. The first-order chi connectivity index (χ1) is 9.19. The molecule has 0 spiro atoms. The second kappa shape index (κ2) is 6.53. The average molecular weight is 314 g/mol. The second-order valence-electron chi connectivity index (χ2n) is 3.45. The number of rotatable bonds is 5. The van der Waals surface area contributed by atoms with E-state index in [1.165, 1.54) is 0 Å². The van der Waals surface area contributed by atoms with Gasteiger partial charge in [-0.15, -0.1) is 0 Å². The first kappa shape index (κ1) is 16.2. The average Bonchev–Trinajstić information content (AvgIpc) is 2.26. The summed E-state index contributed by atoms with van der Waals surface area (Å²) in [5, 5.41) is 10.2. The van der Waals surface area contributed by atoms with Gasteiger partial charge in [0.25, 0.3) is 5.69 Å². The van der Waals surface area contributed by atoms with Crippen molar-refractivity contribution in [2.75, 3.05) is 13.2 Å². The lowest BCUT2D eigenvalue weighted by Crippen LogP contribution is -2.22. The van der Waals surface area contributed by atoms with E-state index in [1.807, 2.05) is 0 Å². The van der Waals surface area contributed by atoms with Gasteiger partial charge in [0, 0.05) is 12.1 Å². The van der Waals surface area contributed by atoms with E-state index in [0.717, 1.165) is 18.2 Å². The van der Waals surface area contributed by atoms with Crippen molar-refractivity contribution in [3.63, 3.8) is 0 Å². The van der Waals surface area contributed by atoms with Crippen LogP contribution in [0.4, 0.5) is 18.9 Å². The number of ether oxygens (including phenoxy) is 2. The van der Waals surface area contributed by atoms with Crippen molar-refractivity contribution in [1.82, 2.24) is 0 Å². The molecule has 1 aromatic carbocycles. The van der Waals surface area contributed by atoms with Crippen molar-refractivity contribution in [2.45, 2.75) is 6.18 Å². The molecular weight excluding hydrogens is 307 g/mol. The molecule has 0 heterocycles. The van der Waals surface area contributed by atoms with E-state index in [0.29, 0.717) is 0 Å². The van der Waals surface area contributed by atoms with E-state index < -0.39 is 30.3 Å². The van der Waals surface area contributed by atoms with Crippen LogP contribution in [0.5, 0.6) is 5.75 Å². The Labute approximate surface area is 115 Å². The summed E-state index contributed by atoms with van der Waals surface area (Å²) in [6, 6.07) is 3.09. The van der Waals surface area contributed by atoms with Crippen LogP contribution in [0.15, 0.2) is 18.2 Å². The predicted molar refractivity (Wildman–Crippen MR) is 60.6 cm³/mol. The van der Waals surface area contributed by atoms with E-state index >= 15 is 0 Å². The zero-order chi connectivity index (χ0) is 15.3. The number of benzene rings is 1. The third-order valence-electron chi connectivity index (χ3n) is 1.83. The molecule has 1 aromatic rings. The highest BCUT2D eigenvalue weighted by Gasteiger charge is 2.28. The maximum absolute atomic E-state index is 11.7. The SMILES string of the molecule is O=C(COCC(F)(F)F)Oc1ccc([N+](=O)[O-])c(Cl)c1. The number of hydrogen-bond donors (Lipinski definition) is 0. The van der Waals surface area contributed by atoms with Crippen LogP contribution in [0.1, 0.15) is 0 Å². The number of nitro benzene ring substituents is 1. The van der Waals surface area contributed by atoms with Crippen molar-refractivity contribution >= 4 is 23.3 Å². The van der Waals surface area contributed by atoms with Gasteiger partial charge >= 0.3 is 12.1 Å². The highest BCUT2D eigenvalue weighted by Crippen LogP contribution is 2.28. The Hall–Kier alpha value is -1.87. The standard InChI is InChI=1S/C10H7ClF3NO5/c11-7-3-6(1-2-8(7)15(17)18)20-9(16)4-19-5-10(12,13)14/h1-3H,4-5H2. The number of halogens is 4. The molecule has 0 radical (unpaired) electrons. The van der Waals surface area contributed by atoms with E-state index in [2.05, 4.69) is 9.47 Å². The van der Waals surface area contributed by atoms with Gasteiger partial charge in [0.2, 0.25) is 0 Å². The maximum Gasteiger partial charge on any atom is 0.411 e. The largest absolute Gasteiger partial charge is 0.425 e. The fraction of sp³-hybridized carbons (Fsp3) is 0.300. The Morgan fingerprint density at radius 2 is 2.05 bits per heavy atom. The molecule has 0 aliphatic carbocycles. The van der Waals surface area contributed by atoms with Gasteiger partial charge in [-0.3, -0.25) is 10.1 Å². The third kappa shape index (κ3) is 5.41. The Bertz CT molecular complexity index is 520. The summed E-state index contributed by atoms with van der Waals surface area (Å²) in [5.41, 5.74) is -0.389. The maximum atomic E-state index is 11.7. The predicted octanol–water partition coefficient (Wildman–Crippen LogP) is 2.73. The van der Waals surface area contributed by atoms with Gasteiger partial charge in [0.05, 0.1) is 4.92 Å². The summed E-state index contributed by atoms with van der Waals surface area (Å²) in [5.74, 6) is -1.22. The van der Waals surface area contributed by atoms with Crippen molar-refractivity contribution < 1.29 is 32.4 Å². The monoisotopic (exact) mass is 313 g/mol. The smallest absolute Gasteiger partial charge is 0.411 e. The number of nitro groups is 1. The Balaban J connectivity index is 2.54. The molecule has 110 valence electrons. The molecule has 0 fully saturated rings. The highest BCUT2D eigenvalue weighted by molar-refractivity contribution is 6.32. The zero-order valence-electron chi connectivity index (χ0n) is 9.65. The van der Waals surface area contributed by atoms with E-state index in [1.54, 1.807) is 0 Å². The highest BCUT2D eigenvalue weighted by atomic mass is 35.5. The fourth-order valence-electron chi connectivity index (χ4n) is 1.11. The molecule has 10 heteroatoms. The van der Waals surface area contributed by atoms with Crippen LogP contribution >= 0.6 is 11.6 Å². The number of carbonyl (C=O) groups is 1. The summed E-state index contributed by atoms with van der Waals surface area (Å²) >= 11 is 5.56. The Morgan fingerprint density at radius 1 is 1.40 bits per heavy atom. The summed E-state index contributed by atoms with van der Waals surface area (Å²) in [7, 11) is 0. The molecule has 0 aliphatic heterocycles. The lowest BCUT2D eigenvalue weighted by molar-refractivity contribution is -0.384. The summed E-state index contributed by atoms with van der Waals surface area (Å²) in [6.07, 6.45) is -4.54. The van der Waals surface area contributed by atoms with Crippen LogP contribution in [-0.4, -0.2) is 30.3 Å². The molecule has 6 nitrogen and oxygen atoms in total. The molecule has 0 unspecified atom stereocenters. The minimum atomic E-state index is -4.54. The molecule has 0 amide bonds. The Kier molecular flexibility index (Phi) is 5.28. The first-order valence-electron chi connectivity index (χ1n) is 4.98. The van der Waals surface area contributed by atoms with Gasteiger partial charge in [-0.05, 0) is 6.07 Å². The lowest BCUT2D eigenvalue weighted by atomic mass is 10.3. The third-order valence-corrected chi connectivity index (χ3v) is 2.14. The number of esters is 1. The van der Waals surface area contributed by atoms with Gasteiger partial charge in [-0.2, -0.15) is 13.2 Å². The topological polar surface area (TPSA) is 78.7 Å². The fourth-order valence-corrected chi connectivity index (χ4v) is 1.35. The molecule has 0 saturated heterocycles. The molecule has 0 bridgehead atoms. The molecular formula is C10H7ClF3NO5. The molecule has 20 heavy (non-hydrogen) atoms. The second-order valence-corrected chi connectivity index (χ2v) is 3.86. The number of nitrogens with zero attached hydrogens (tertiary/aromatic N) is 1. The molecule has 0 aliphatic rings. The van der Waals surface area contributed by atoms with Gasteiger partial charge in [-0.25, -0.2) is 4.79 Å². The van der Waals surface area contributed by atoms with Gasteiger partial charge in [0.1, 0.15) is 24.0 Å². The molecule has 0 saturated carbocycles. The van der Waals surface area contributed by atoms with E-state index in [9.17, 15) is 28.1 Å². The molecule has 1 rings (SSSR count). The minimum absolute atomic E-state index is 0.138. The van der Waals surface area contributed by atoms with Crippen LogP contribution in [0.2, 0.25) is 5.02 Å². The van der Waals surface area contributed by atoms with Crippen molar-refractivity contribution in [1.29, 1.82) is 0 Å². The molecule has 0 aromatic heterocycles. The van der Waals surface area contributed by atoms with Gasteiger partial charge in [0.15, 0.2) is 0 Å². The van der Waals surface area contributed by atoms with E-state index in [4.69, 9.17) is 11.6 Å². The number of hydrogen-bond acceptors (Lipinski definition) is 5. The zero-order valence-corrected chi connectivity index (χ0v) is 10.4. The number of carbonyl (C=O) groups excluding carboxylic acids is 1.